The summed E-state index contributed by atoms with van der Waals surface area (Å²) in [6.45, 7) is 3.77. The molecule has 0 heterocycles. The van der Waals surface area contributed by atoms with Gasteiger partial charge in [0.2, 0.25) is 5.76 Å². The van der Waals surface area contributed by atoms with Crippen molar-refractivity contribution in [2.24, 2.45) is 0 Å². The highest BCUT2D eigenvalue weighted by Gasteiger charge is 2.09. The summed E-state index contributed by atoms with van der Waals surface area (Å²) in [4.78, 5) is 21.9. The highest BCUT2D eigenvalue weighted by atomic mass is 16.5. The number of carbonyl (C=O) groups is 2. The maximum absolute atomic E-state index is 11.1. The van der Waals surface area contributed by atoms with Gasteiger partial charge >= 0.3 is 5.97 Å². The van der Waals surface area contributed by atoms with Crippen LogP contribution in [0.3, 0.4) is 0 Å². The molecule has 0 unspecified atom stereocenters. The van der Waals surface area contributed by atoms with Crippen molar-refractivity contribution in [3.8, 4) is 0 Å². The minimum absolute atomic E-state index is 0.180. The predicted octanol–water partition coefficient (Wildman–Crippen LogP) is 1.75. The van der Waals surface area contributed by atoms with Gasteiger partial charge in [0.25, 0.3) is 0 Å². The summed E-state index contributed by atoms with van der Waals surface area (Å²) in [6, 6.07) is 0. The van der Waals surface area contributed by atoms with E-state index in [9.17, 15) is 9.59 Å². The molecule has 4 heteroatoms. The van der Waals surface area contributed by atoms with Crippen LogP contribution >= 0.6 is 0 Å². The molecule has 0 aliphatic carbocycles. The zero-order valence-corrected chi connectivity index (χ0v) is 8.58. The van der Waals surface area contributed by atoms with Gasteiger partial charge in [0.15, 0.2) is 5.78 Å². The normalized spacial score (nSPS) is 11.1. The molecule has 4 nitrogen and oxygen atoms in total. The fraction of sp³-hybridized carbons (Fsp3) is 0.600. The first-order valence-electron chi connectivity index (χ1n) is 4.72. The molecule has 14 heavy (non-hydrogen) atoms. The predicted molar refractivity (Wildman–Crippen MR) is 51.9 cm³/mol. The fourth-order valence-electron chi connectivity index (χ4n) is 0.840. The summed E-state index contributed by atoms with van der Waals surface area (Å²) in [7, 11) is 0. The van der Waals surface area contributed by atoms with E-state index in [1.807, 2.05) is 6.92 Å². The van der Waals surface area contributed by atoms with Gasteiger partial charge in [0.1, 0.15) is 0 Å². The third kappa shape index (κ3) is 5.35. The average Bonchev–Trinajstić information content (AvgIpc) is 2.15. The first kappa shape index (κ1) is 12.7. The molecule has 80 valence electrons. The number of allylic oxidation sites excluding steroid dienone is 1. The number of esters is 1. The number of carbonyl (C=O) groups excluding carboxylic acids is 2. The molecular weight excluding hydrogens is 184 g/mol. The average molecular weight is 200 g/mol. The third-order valence-corrected chi connectivity index (χ3v) is 1.56. The van der Waals surface area contributed by atoms with Crippen molar-refractivity contribution in [3.63, 3.8) is 0 Å². The summed E-state index contributed by atoms with van der Waals surface area (Å²) in [5.74, 6) is -1.72. The fourth-order valence-corrected chi connectivity index (χ4v) is 0.840. The van der Waals surface area contributed by atoms with Crippen LogP contribution in [0.4, 0.5) is 0 Å². The minimum atomic E-state index is -0.850. The molecule has 0 radical (unpaired) electrons. The van der Waals surface area contributed by atoms with Crippen molar-refractivity contribution in [2.75, 3.05) is 6.61 Å². The maximum atomic E-state index is 11.1. The van der Waals surface area contributed by atoms with E-state index >= 15 is 0 Å². The van der Waals surface area contributed by atoms with Crippen molar-refractivity contribution in [1.29, 1.82) is 0 Å². The highest BCUT2D eigenvalue weighted by molar-refractivity contribution is 5.97. The van der Waals surface area contributed by atoms with Gasteiger partial charge in [-0.2, -0.15) is 0 Å². The molecule has 0 spiro atoms. The standard InChI is InChI=1S/C10H16O4/c1-3-5-6-8(11)7-9(12)10(13)14-4-2/h7,12H,3-6H2,1-2H3/b9-7-. The van der Waals surface area contributed by atoms with Crippen LogP contribution in [0.25, 0.3) is 0 Å². The summed E-state index contributed by atoms with van der Waals surface area (Å²) >= 11 is 0. The van der Waals surface area contributed by atoms with Gasteiger partial charge in [-0.3, -0.25) is 4.79 Å². The van der Waals surface area contributed by atoms with Crippen LogP contribution in [-0.2, 0) is 14.3 Å². The number of hydrogen-bond acceptors (Lipinski definition) is 4. The van der Waals surface area contributed by atoms with Crippen molar-refractivity contribution >= 4 is 11.8 Å². The third-order valence-electron chi connectivity index (χ3n) is 1.56. The first-order valence-corrected chi connectivity index (χ1v) is 4.72. The number of rotatable bonds is 6. The number of ether oxygens (including phenoxy) is 1. The lowest BCUT2D eigenvalue weighted by Gasteiger charge is -1.99. The van der Waals surface area contributed by atoms with E-state index in [1.54, 1.807) is 6.92 Å². The molecule has 0 fully saturated rings. The molecule has 1 N–H and O–H groups in total. The monoisotopic (exact) mass is 200 g/mol. The lowest BCUT2D eigenvalue weighted by molar-refractivity contribution is -0.141. The van der Waals surface area contributed by atoms with Crippen molar-refractivity contribution in [3.05, 3.63) is 11.8 Å². The first-order chi connectivity index (χ1) is 6.61. The van der Waals surface area contributed by atoms with E-state index in [1.165, 1.54) is 0 Å². The lowest BCUT2D eigenvalue weighted by atomic mass is 10.2. The second-order valence-electron chi connectivity index (χ2n) is 2.82. The molecular formula is C10H16O4. The molecule has 0 rings (SSSR count). The molecule has 0 aromatic carbocycles. The topological polar surface area (TPSA) is 63.6 Å². The molecule has 0 amide bonds. The van der Waals surface area contributed by atoms with Gasteiger partial charge in [-0.25, -0.2) is 4.79 Å². The number of aliphatic hydroxyl groups is 1. The zero-order chi connectivity index (χ0) is 11.0. The molecule has 0 bridgehead atoms. The van der Waals surface area contributed by atoms with Crippen molar-refractivity contribution < 1.29 is 19.4 Å². The van der Waals surface area contributed by atoms with Crippen LogP contribution in [0.2, 0.25) is 0 Å². The number of ketones is 1. The van der Waals surface area contributed by atoms with Crippen molar-refractivity contribution in [1.82, 2.24) is 0 Å². The van der Waals surface area contributed by atoms with Gasteiger partial charge in [0, 0.05) is 12.5 Å². The van der Waals surface area contributed by atoms with E-state index in [-0.39, 0.29) is 12.4 Å². The summed E-state index contributed by atoms with van der Waals surface area (Å²) in [5.41, 5.74) is 0. The Morgan fingerprint density at radius 1 is 1.36 bits per heavy atom. The molecule has 0 aliphatic heterocycles. The Balaban J connectivity index is 4.08. The van der Waals surface area contributed by atoms with Crippen LogP contribution in [0.1, 0.15) is 33.1 Å². The molecule has 0 atom stereocenters. The van der Waals surface area contributed by atoms with Gasteiger partial charge in [-0.15, -0.1) is 0 Å². The number of unbranched alkanes of at least 4 members (excludes halogenated alkanes) is 1. The van der Waals surface area contributed by atoms with Gasteiger partial charge in [-0.05, 0) is 13.3 Å². The zero-order valence-electron chi connectivity index (χ0n) is 8.58. The smallest absolute Gasteiger partial charge is 0.373 e. The van der Waals surface area contributed by atoms with Crippen LogP contribution in [0.5, 0.6) is 0 Å². The lowest BCUT2D eigenvalue weighted by Crippen LogP contribution is -2.09. The highest BCUT2D eigenvalue weighted by Crippen LogP contribution is 2.00. The Hall–Kier alpha value is -1.32. The Bertz CT molecular complexity index is 230. The molecule has 0 aromatic rings. The molecule has 0 aliphatic rings. The van der Waals surface area contributed by atoms with E-state index in [0.29, 0.717) is 6.42 Å². The van der Waals surface area contributed by atoms with E-state index in [2.05, 4.69) is 4.74 Å². The van der Waals surface area contributed by atoms with Crippen LogP contribution in [0.15, 0.2) is 11.8 Å². The second kappa shape index (κ2) is 7.12. The number of hydrogen-bond donors (Lipinski definition) is 1. The largest absolute Gasteiger partial charge is 0.502 e. The molecule has 0 saturated carbocycles. The quantitative estimate of drug-likeness (QED) is 0.403. The molecule has 0 aromatic heterocycles. The Labute approximate surface area is 83.6 Å². The van der Waals surface area contributed by atoms with E-state index in [4.69, 9.17) is 5.11 Å². The maximum Gasteiger partial charge on any atom is 0.373 e. The summed E-state index contributed by atoms with van der Waals surface area (Å²) in [5, 5.41) is 9.08. The summed E-state index contributed by atoms with van der Waals surface area (Å²) < 4.78 is 4.50. The Morgan fingerprint density at radius 3 is 2.50 bits per heavy atom. The Morgan fingerprint density at radius 2 is 2.00 bits per heavy atom. The van der Waals surface area contributed by atoms with Crippen LogP contribution < -0.4 is 0 Å². The van der Waals surface area contributed by atoms with Crippen LogP contribution in [-0.4, -0.2) is 23.5 Å². The second-order valence-corrected chi connectivity index (χ2v) is 2.82. The summed E-state index contributed by atoms with van der Waals surface area (Å²) in [6.07, 6.45) is 2.93. The minimum Gasteiger partial charge on any atom is -0.502 e. The SMILES string of the molecule is CCCCC(=O)/C=C(\O)C(=O)OCC. The van der Waals surface area contributed by atoms with Crippen molar-refractivity contribution in [2.45, 2.75) is 33.1 Å². The van der Waals surface area contributed by atoms with Gasteiger partial charge < -0.3 is 9.84 Å². The number of aliphatic hydroxyl groups excluding tert-OH is 1. The van der Waals surface area contributed by atoms with Gasteiger partial charge in [-0.1, -0.05) is 13.3 Å². The van der Waals surface area contributed by atoms with E-state index in [0.717, 1.165) is 18.9 Å². The van der Waals surface area contributed by atoms with Gasteiger partial charge in [0.05, 0.1) is 6.61 Å². The van der Waals surface area contributed by atoms with Crippen LogP contribution in [0, 0.1) is 0 Å². The Kier molecular flexibility index (Phi) is 6.45. The van der Waals surface area contributed by atoms with E-state index < -0.39 is 11.7 Å². The molecule has 0 saturated heterocycles.